The number of nitrogens with one attached hydrogen (secondary N) is 3. The highest BCUT2D eigenvalue weighted by molar-refractivity contribution is 5.83. The average molecular weight is 404 g/mol. The molecule has 0 amide bonds. The molecule has 154 valence electrons. The summed E-state index contributed by atoms with van der Waals surface area (Å²) in [4.78, 5) is 7.60. The first-order chi connectivity index (χ1) is 14.7. The monoisotopic (exact) mass is 404 g/mol. The van der Waals surface area contributed by atoms with Gasteiger partial charge in [0.15, 0.2) is 5.96 Å². The molecule has 2 heterocycles. The van der Waals surface area contributed by atoms with Crippen LogP contribution in [0.5, 0.6) is 0 Å². The van der Waals surface area contributed by atoms with Crippen LogP contribution in [-0.2, 0) is 12.8 Å². The molecule has 0 bridgehead atoms. The Labute approximate surface area is 174 Å². The van der Waals surface area contributed by atoms with Crippen molar-refractivity contribution >= 4 is 16.9 Å². The van der Waals surface area contributed by atoms with Gasteiger partial charge in [0.25, 0.3) is 0 Å². The van der Waals surface area contributed by atoms with Gasteiger partial charge in [-0.05, 0) is 48.4 Å². The summed E-state index contributed by atoms with van der Waals surface area (Å²) < 4.78 is 14.8. The van der Waals surface area contributed by atoms with Gasteiger partial charge in [-0.1, -0.05) is 18.2 Å². The van der Waals surface area contributed by atoms with Crippen molar-refractivity contribution < 1.29 is 4.39 Å². The summed E-state index contributed by atoms with van der Waals surface area (Å²) in [5.74, 6) is 0.520. The fourth-order valence-corrected chi connectivity index (χ4v) is 3.42. The molecule has 0 atom stereocenters. The first kappa shape index (κ1) is 19.7. The Kier molecular flexibility index (Phi) is 6.08. The van der Waals surface area contributed by atoms with Gasteiger partial charge in [-0.15, -0.1) is 0 Å². The van der Waals surface area contributed by atoms with Gasteiger partial charge in [-0.3, -0.25) is 4.99 Å². The van der Waals surface area contributed by atoms with Crippen molar-refractivity contribution in [3.05, 3.63) is 84.1 Å². The van der Waals surface area contributed by atoms with Crippen LogP contribution in [0.2, 0.25) is 0 Å². The van der Waals surface area contributed by atoms with Crippen LogP contribution in [0.25, 0.3) is 16.6 Å². The van der Waals surface area contributed by atoms with Crippen molar-refractivity contribution in [1.29, 1.82) is 0 Å². The number of para-hydroxylation sites is 1. The van der Waals surface area contributed by atoms with Crippen LogP contribution in [0, 0.1) is 5.82 Å². The van der Waals surface area contributed by atoms with Gasteiger partial charge in [-0.2, -0.15) is 5.10 Å². The van der Waals surface area contributed by atoms with Crippen LogP contribution >= 0.6 is 0 Å². The molecule has 2 aromatic carbocycles. The van der Waals surface area contributed by atoms with E-state index in [1.54, 1.807) is 23.9 Å². The molecular weight excluding hydrogens is 379 g/mol. The lowest BCUT2D eigenvalue weighted by molar-refractivity contribution is 0.627. The van der Waals surface area contributed by atoms with Crippen molar-refractivity contribution in [2.45, 2.75) is 12.8 Å². The molecule has 2 aromatic heterocycles. The number of aromatic nitrogens is 3. The van der Waals surface area contributed by atoms with Gasteiger partial charge >= 0.3 is 0 Å². The summed E-state index contributed by atoms with van der Waals surface area (Å²) in [6, 6.07) is 16.6. The Morgan fingerprint density at radius 1 is 1.03 bits per heavy atom. The highest BCUT2D eigenvalue weighted by Gasteiger charge is 2.05. The summed E-state index contributed by atoms with van der Waals surface area (Å²) >= 11 is 0. The predicted molar refractivity (Wildman–Crippen MR) is 119 cm³/mol. The fraction of sp³-hybridized carbons (Fsp3) is 0.217. The lowest BCUT2D eigenvalue weighted by atomic mass is 10.1. The van der Waals surface area contributed by atoms with E-state index in [2.05, 4.69) is 50.1 Å². The zero-order valence-corrected chi connectivity index (χ0v) is 16.9. The number of aliphatic imine (C=N–C) groups is 1. The number of nitrogens with zero attached hydrogens (tertiary/aromatic N) is 3. The third-order valence-corrected chi connectivity index (χ3v) is 4.99. The number of rotatable bonds is 7. The maximum Gasteiger partial charge on any atom is 0.190 e. The molecule has 4 rings (SSSR count). The summed E-state index contributed by atoms with van der Waals surface area (Å²) in [5.41, 5.74) is 4.25. The topological polar surface area (TPSA) is 70.0 Å². The number of guanidine groups is 1. The minimum atomic E-state index is -0.251. The van der Waals surface area contributed by atoms with Crippen molar-refractivity contribution in [3.8, 4) is 5.69 Å². The predicted octanol–water partition coefficient (Wildman–Crippen LogP) is 3.44. The summed E-state index contributed by atoms with van der Waals surface area (Å²) in [6.07, 6.45) is 5.63. The Hall–Kier alpha value is -3.61. The molecule has 0 aliphatic rings. The Morgan fingerprint density at radius 2 is 1.80 bits per heavy atom. The molecule has 0 saturated heterocycles. The van der Waals surface area contributed by atoms with Crippen molar-refractivity contribution in [1.82, 2.24) is 25.4 Å². The molecule has 6 nitrogen and oxygen atoms in total. The van der Waals surface area contributed by atoms with Crippen molar-refractivity contribution in [3.63, 3.8) is 0 Å². The smallest absolute Gasteiger partial charge is 0.190 e. The van der Waals surface area contributed by atoms with E-state index in [-0.39, 0.29) is 5.82 Å². The van der Waals surface area contributed by atoms with Crippen molar-refractivity contribution in [2.24, 2.45) is 4.99 Å². The van der Waals surface area contributed by atoms with Gasteiger partial charge < -0.3 is 15.6 Å². The zero-order chi connectivity index (χ0) is 20.8. The lowest BCUT2D eigenvalue weighted by Crippen LogP contribution is -2.39. The second-order valence-corrected chi connectivity index (χ2v) is 7.01. The molecule has 0 aliphatic carbocycles. The summed E-state index contributed by atoms with van der Waals surface area (Å²) in [7, 11) is 1.77. The Bertz CT molecular complexity index is 1130. The number of hydrogen-bond donors (Lipinski definition) is 3. The minimum absolute atomic E-state index is 0.251. The Balaban J connectivity index is 1.23. The van der Waals surface area contributed by atoms with Crippen LogP contribution in [0.4, 0.5) is 4.39 Å². The molecule has 0 spiro atoms. The van der Waals surface area contributed by atoms with Gasteiger partial charge in [-0.25, -0.2) is 9.07 Å². The normalized spacial score (nSPS) is 11.7. The van der Waals surface area contributed by atoms with E-state index in [4.69, 9.17) is 0 Å². The molecule has 0 saturated carbocycles. The number of H-pyrrole nitrogens is 1. The van der Waals surface area contributed by atoms with Crippen molar-refractivity contribution in [2.75, 3.05) is 20.1 Å². The van der Waals surface area contributed by atoms with E-state index >= 15 is 0 Å². The first-order valence-electron chi connectivity index (χ1n) is 10.0. The second-order valence-electron chi connectivity index (χ2n) is 7.01. The molecule has 7 heteroatoms. The van der Waals surface area contributed by atoms with E-state index in [0.29, 0.717) is 6.54 Å². The van der Waals surface area contributed by atoms with Crippen LogP contribution in [-0.4, -0.2) is 40.9 Å². The zero-order valence-electron chi connectivity index (χ0n) is 16.9. The number of fused-ring (bicyclic) bond motifs is 1. The second kappa shape index (κ2) is 9.26. The molecule has 0 fully saturated rings. The standard InChI is InChI=1S/C23H25FN6/c1-25-23(26-13-10-17-16-28-22-5-3-2-4-21(17)22)27-14-11-19-12-15-30(29-19)20-8-6-18(24)7-9-20/h2-9,12,15-16,28H,10-11,13-14H2,1H3,(H2,25,26,27). The minimum Gasteiger partial charge on any atom is -0.361 e. The van der Waals surface area contributed by atoms with Gasteiger partial charge in [0, 0.05) is 49.9 Å². The largest absolute Gasteiger partial charge is 0.361 e. The van der Waals surface area contributed by atoms with E-state index in [0.717, 1.165) is 42.2 Å². The van der Waals surface area contributed by atoms with E-state index < -0.39 is 0 Å². The SMILES string of the molecule is CN=C(NCCc1ccn(-c2ccc(F)cc2)n1)NCCc1c[nH]c2ccccc12. The van der Waals surface area contributed by atoms with E-state index in [1.807, 2.05) is 18.3 Å². The van der Waals surface area contributed by atoms with Gasteiger partial charge in [0.05, 0.1) is 11.4 Å². The molecule has 4 aromatic rings. The van der Waals surface area contributed by atoms with Crippen LogP contribution < -0.4 is 10.6 Å². The van der Waals surface area contributed by atoms with E-state index in [1.165, 1.54) is 23.1 Å². The average Bonchev–Trinajstić information content (AvgIpc) is 3.41. The molecule has 3 N–H and O–H groups in total. The molecule has 0 aliphatic heterocycles. The highest BCUT2D eigenvalue weighted by Crippen LogP contribution is 2.17. The van der Waals surface area contributed by atoms with E-state index in [9.17, 15) is 4.39 Å². The highest BCUT2D eigenvalue weighted by atomic mass is 19.1. The maximum absolute atomic E-state index is 13.1. The molecule has 0 radical (unpaired) electrons. The van der Waals surface area contributed by atoms with Gasteiger partial charge in [0.1, 0.15) is 5.82 Å². The number of aromatic amines is 1. The third-order valence-electron chi connectivity index (χ3n) is 4.99. The van der Waals surface area contributed by atoms with Gasteiger partial charge in [0.2, 0.25) is 0 Å². The fourth-order valence-electron chi connectivity index (χ4n) is 3.42. The molecule has 30 heavy (non-hydrogen) atoms. The third kappa shape index (κ3) is 4.68. The van der Waals surface area contributed by atoms with Crippen LogP contribution in [0.3, 0.4) is 0 Å². The number of halogens is 1. The lowest BCUT2D eigenvalue weighted by Gasteiger charge is -2.11. The number of hydrogen-bond acceptors (Lipinski definition) is 2. The summed E-state index contributed by atoms with van der Waals surface area (Å²) in [5, 5.41) is 12.5. The summed E-state index contributed by atoms with van der Waals surface area (Å²) in [6.45, 7) is 1.51. The maximum atomic E-state index is 13.1. The Morgan fingerprint density at radius 3 is 2.60 bits per heavy atom. The number of benzene rings is 2. The molecular formula is C23H25FN6. The first-order valence-corrected chi connectivity index (χ1v) is 10.0. The van der Waals surface area contributed by atoms with Crippen LogP contribution in [0.15, 0.2) is 72.0 Å². The quantitative estimate of drug-likeness (QED) is 0.326. The molecule has 0 unspecified atom stereocenters. The van der Waals surface area contributed by atoms with Crippen LogP contribution in [0.1, 0.15) is 11.3 Å².